The van der Waals surface area contributed by atoms with E-state index in [9.17, 15) is 0 Å². The first-order valence-electron chi connectivity index (χ1n) is 6.16. The van der Waals surface area contributed by atoms with Crippen LogP contribution in [0.3, 0.4) is 0 Å². The van der Waals surface area contributed by atoms with Crippen LogP contribution in [0.15, 0.2) is 67.3 Å². The summed E-state index contributed by atoms with van der Waals surface area (Å²) in [5.41, 5.74) is 3.46. The summed E-state index contributed by atoms with van der Waals surface area (Å²) in [7, 11) is 0. The summed E-state index contributed by atoms with van der Waals surface area (Å²) in [6.07, 6.45) is 3.94. The largest absolute Gasteiger partial charge is 0.103 e. The molecule has 88 valence electrons. The monoisotopic (exact) mass is 232 g/mol. The van der Waals surface area contributed by atoms with E-state index in [2.05, 4.69) is 36.6 Å². The van der Waals surface area contributed by atoms with Gasteiger partial charge in [0.25, 0.3) is 0 Å². The molecule has 0 aliphatic carbocycles. The van der Waals surface area contributed by atoms with E-state index >= 15 is 0 Å². The maximum atomic E-state index is 3.76. The van der Waals surface area contributed by atoms with E-state index in [0.717, 1.165) is 24.0 Å². The Morgan fingerprint density at radius 2 is 1.61 bits per heavy atom. The molecule has 0 aliphatic heterocycles. The van der Waals surface area contributed by atoms with Crippen molar-refractivity contribution >= 4 is 0 Å². The van der Waals surface area contributed by atoms with Crippen LogP contribution in [-0.2, 0) is 6.42 Å². The molecule has 0 amide bonds. The van der Waals surface area contributed by atoms with Gasteiger partial charge in [-0.15, -0.1) is 6.58 Å². The lowest BCUT2D eigenvalue weighted by Gasteiger charge is -2.01. The molecule has 2 aromatic carbocycles. The Morgan fingerprint density at radius 3 is 2.39 bits per heavy atom. The molecule has 0 N–H and O–H groups in total. The molecule has 0 saturated heterocycles. The minimum Gasteiger partial charge on any atom is -0.103 e. The van der Waals surface area contributed by atoms with Crippen molar-refractivity contribution in [3.63, 3.8) is 0 Å². The Labute approximate surface area is 109 Å². The second kappa shape index (κ2) is 6.47. The normalized spacial score (nSPS) is 9.33. The van der Waals surface area contributed by atoms with Gasteiger partial charge in [0.15, 0.2) is 0 Å². The third kappa shape index (κ3) is 3.37. The van der Waals surface area contributed by atoms with Gasteiger partial charge in [-0.25, -0.2) is 0 Å². The Kier molecular flexibility index (Phi) is 4.39. The highest BCUT2D eigenvalue weighted by Gasteiger charge is 1.97. The Morgan fingerprint density at radius 1 is 0.889 bits per heavy atom. The molecule has 0 heterocycles. The molecule has 18 heavy (non-hydrogen) atoms. The zero-order chi connectivity index (χ0) is 12.6. The fourth-order valence-corrected chi connectivity index (χ4v) is 1.78. The van der Waals surface area contributed by atoms with Crippen LogP contribution >= 0.6 is 0 Å². The molecule has 0 aromatic heterocycles. The van der Waals surface area contributed by atoms with Gasteiger partial charge >= 0.3 is 0 Å². The van der Waals surface area contributed by atoms with Crippen molar-refractivity contribution < 1.29 is 0 Å². The SMILES string of the molecule is C=CCCc1ccccc1C#Cc1ccccc1. The molecular weight excluding hydrogens is 216 g/mol. The Bertz CT molecular complexity index is 568. The summed E-state index contributed by atoms with van der Waals surface area (Å²) < 4.78 is 0. The molecule has 0 aliphatic rings. The summed E-state index contributed by atoms with van der Waals surface area (Å²) >= 11 is 0. The molecule has 2 aromatic rings. The quantitative estimate of drug-likeness (QED) is 0.549. The van der Waals surface area contributed by atoms with Crippen molar-refractivity contribution in [2.24, 2.45) is 0 Å². The number of allylic oxidation sites excluding steroid dienone is 1. The van der Waals surface area contributed by atoms with E-state index in [0.29, 0.717) is 0 Å². The number of hydrogen-bond donors (Lipinski definition) is 0. The number of aryl methyl sites for hydroxylation is 1. The molecule has 0 spiro atoms. The van der Waals surface area contributed by atoms with E-state index in [1.54, 1.807) is 0 Å². The lowest BCUT2D eigenvalue weighted by Crippen LogP contribution is -1.88. The van der Waals surface area contributed by atoms with Crippen molar-refractivity contribution in [2.45, 2.75) is 12.8 Å². The van der Waals surface area contributed by atoms with Crippen molar-refractivity contribution in [3.05, 3.63) is 83.9 Å². The molecule has 0 bridgehead atoms. The van der Waals surface area contributed by atoms with Crippen molar-refractivity contribution in [2.75, 3.05) is 0 Å². The van der Waals surface area contributed by atoms with Gasteiger partial charge in [-0.3, -0.25) is 0 Å². The standard InChI is InChI=1S/C18H16/c1-2-3-11-17-12-7-8-13-18(17)15-14-16-9-5-4-6-10-16/h2,4-10,12-13H,1,3,11H2. The number of hydrogen-bond acceptors (Lipinski definition) is 0. The van der Waals surface area contributed by atoms with Gasteiger partial charge in [0.2, 0.25) is 0 Å². The first-order valence-corrected chi connectivity index (χ1v) is 6.16. The molecule has 0 unspecified atom stereocenters. The highest BCUT2D eigenvalue weighted by Crippen LogP contribution is 2.10. The Balaban J connectivity index is 2.24. The zero-order valence-electron chi connectivity index (χ0n) is 10.4. The summed E-state index contributed by atoms with van der Waals surface area (Å²) in [6.45, 7) is 3.76. The van der Waals surface area contributed by atoms with Crippen LogP contribution in [0.5, 0.6) is 0 Å². The van der Waals surface area contributed by atoms with Crippen LogP contribution < -0.4 is 0 Å². The van der Waals surface area contributed by atoms with Crippen LogP contribution in [0.1, 0.15) is 23.1 Å². The van der Waals surface area contributed by atoms with E-state index < -0.39 is 0 Å². The maximum Gasteiger partial charge on any atom is 0.0281 e. The van der Waals surface area contributed by atoms with Crippen molar-refractivity contribution in [1.29, 1.82) is 0 Å². The molecule has 0 nitrogen and oxygen atoms in total. The first kappa shape index (κ1) is 12.2. The van der Waals surface area contributed by atoms with Crippen LogP contribution in [0.4, 0.5) is 0 Å². The highest BCUT2D eigenvalue weighted by atomic mass is 14.0. The molecule has 0 radical (unpaired) electrons. The molecule has 2 rings (SSSR count). The van der Waals surface area contributed by atoms with Crippen LogP contribution in [-0.4, -0.2) is 0 Å². The van der Waals surface area contributed by atoms with Crippen LogP contribution in [0.25, 0.3) is 0 Å². The summed E-state index contributed by atoms with van der Waals surface area (Å²) in [5.74, 6) is 6.46. The van der Waals surface area contributed by atoms with E-state index in [4.69, 9.17) is 0 Å². The van der Waals surface area contributed by atoms with E-state index in [1.807, 2.05) is 42.5 Å². The third-order valence-electron chi connectivity index (χ3n) is 2.75. The molecule has 0 fully saturated rings. The predicted molar refractivity (Wildman–Crippen MR) is 77.4 cm³/mol. The van der Waals surface area contributed by atoms with Gasteiger partial charge in [-0.2, -0.15) is 0 Å². The summed E-state index contributed by atoms with van der Waals surface area (Å²) in [5, 5.41) is 0. The second-order valence-corrected chi connectivity index (χ2v) is 4.10. The van der Waals surface area contributed by atoms with E-state index in [1.165, 1.54) is 5.56 Å². The number of rotatable bonds is 3. The first-order chi connectivity index (χ1) is 8.90. The maximum absolute atomic E-state index is 3.76. The second-order valence-electron chi connectivity index (χ2n) is 4.10. The fraction of sp³-hybridized carbons (Fsp3) is 0.111. The van der Waals surface area contributed by atoms with Gasteiger partial charge in [0.05, 0.1) is 0 Å². The van der Waals surface area contributed by atoms with Crippen LogP contribution in [0, 0.1) is 11.8 Å². The molecule has 0 saturated carbocycles. The van der Waals surface area contributed by atoms with Gasteiger partial charge in [0.1, 0.15) is 0 Å². The average molecular weight is 232 g/mol. The Hall–Kier alpha value is -2.26. The minimum atomic E-state index is 0.990. The van der Waals surface area contributed by atoms with Crippen molar-refractivity contribution in [1.82, 2.24) is 0 Å². The smallest absolute Gasteiger partial charge is 0.0281 e. The topological polar surface area (TPSA) is 0 Å². The number of benzene rings is 2. The fourth-order valence-electron chi connectivity index (χ4n) is 1.78. The predicted octanol–water partition coefficient (Wildman–Crippen LogP) is 4.21. The molecular formula is C18H16. The van der Waals surface area contributed by atoms with E-state index in [-0.39, 0.29) is 0 Å². The summed E-state index contributed by atoms with van der Waals surface area (Å²) in [6, 6.07) is 18.4. The average Bonchev–Trinajstić information content (AvgIpc) is 2.45. The van der Waals surface area contributed by atoms with Crippen LogP contribution in [0.2, 0.25) is 0 Å². The van der Waals surface area contributed by atoms with Gasteiger partial charge in [0, 0.05) is 11.1 Å². The lowest BCUT2D eigenvalue weighted by atomic mass is 10.0. The van der Waals surface area contributed by atoms with Gasteiger partial charge < -0.3 is 0 Å². The molecule has 0 atom stereocenters. The molecule has 0 heteroatoms. The highest BCUT2D eigenvalue weighted by molar-refractivity contribution is 5.46. The zero-order valence-corrected chi connectivity index (χ0v) is 10.4. The van der Waals surface area contributed by atoms with Crippen molar-refractivity contribution in [3.8, 4) is 11.8 Å². The summed E-state index contributed by atoms with van der Waals surface area (Å²) in [4.78, 5) is 0. The minimum absolute atomic E-state index is 0.990. The third-order valence-corrected chi connectivity index (χ3v) is 2.75. The lowest BCUT2D eigenvalue weighted by molar-refractivity contribution is 1.000. The van der Waals surface area contributed by atoms with Gasteiger partial charge in [-0.1, -0.05) is 54.3 Å². The van der Waals surface area contributed by atoms with Gasteiger partial charge in [-0.05, 0) is 36.6 Å².